The highest BCUT2D eigenvalue weighted by Gasteiger charge is 2.13. The van der Waals surface area contributed by atoms with E-state index in [4.69, 9.17) is 4.74 Å². The Balaban J connectivity index is 1.28. The van der Waals surface area contributed by atoms with Crippen LogP contribution < -0.4 is 15.4 Å². The third kappa shape index (κ3) is 4.82. The average Bonchev–Trinajstić information content (AvgIpc) is 3.21. The van der Waals surface area contributed by atoms with Crippen molar-refractivity contribution >= 4 is 17.5 Å². The van der Waals surface area contributed by atoms with Crippen LogP contribution in [-0.2, 0) is 17.6 Å². The second-order valence-corrected chi connectivity index (χ2v) is 7.01. The molecule has 0 heterocycles. The summed E-state index contributed by atoms with van der Waals surface area (Å²) < 4.78 is 5.71. The molecule has 0 radical (unpaired) electrons. The van der Waals surface area contributed by atoms with E-state index in [0.29, 0.717) is 11.3 Å². The predicted octanol–water partition coefficient (Wildman–Crippen LogP) is 4.34. The number of amides is 2. The fourth-order valence-corrected chi connectivity index (χ4v) is 3.42. The molecule has 0 spiro atoms. The maximum absolute atomic E-state index is 12.3. The summed E-state index contributed by atoms with van der Waals surface area (Å²) in [5.74, 6) is 0.815. The van der Waals surface area contributed by atoms with Crippen LogP contribution in [-0.4, -0.2) is 18.4 Å². The zero-order chi connectivity index (χ0) is 20.1. The number of rotatable bonds is 6. The quantitative estimate of drug-likeness (QED) is 0.662. The van der Waals surface area contributed by atoms with Gasteiger partial charge in [-0.2, -0.15) is 0 Å². The Labute approximate surface area is 169 Å². The fraction of sp³-hybridized carbons (Fsp3) is 0.167. The summed E-state index contributed by atoms with van der Waals surface area (Å²) >= 11 is 0. The highest BCUT2D eigenvalue weighted by molar-refractivity contribution is 5.99. The van der Waals surface area contributed by atoms with Gasteiger partial charge in [-0.25, -0.2) is 0 Å². The van der Waals surface area contributed by atoms with Crippen molar-refractivity contribution in [3.05, 3.63) is 89.5 Å². The van der Waals surface area contributed by atoms with Crippen LogP contribution in [0.4, 0.5) is 5.69 Å². The molecule has 4 rings (SSSR count). The number of aryl methyl sites for hydroxylation is 2. The number of carbonyl (C=O) groups excluding carboxylic acids is 2. The van der Waals surface area contributed by atoms with Crippen LogP contribution in [0.3, 0.4) is 0 Å². The number of ether oxygens (including phenoxy) is 1. The zero-order valence-corrected chi connectivity index (χ0v) is 16.0. The zero-order valence-electron chi connectivity index (χ0n) is 16.0. The van der Waals surface area contributed by atoms with Crippen molar-refractivity contribution in [2.45, 2.75) is 19.3 Å². The van der Waals surface area contributed by atoms with Gasteiger partial charge in [0.25, 0.3) is 5.91 Å². The number of nitrogens with one attached hydrogen (secondary N) is 2. The number of hydrogen-bond acceptors (Lipinski definition) is 3. The minimum absolute atomic E-state index is 0.0851. The second kappa shape index (κ2) is 8.61. The van der Waals surface area contributed by atoms with E-state index in [1.165, 1.54) is 11.1 Å². The molecule has 5 heteroatoms. The summed E-state index contributed by atoms with van der Waals surface area (Å²) in [5, 5.41) is 5.49. The van der Waals surface area contributed by atoms with Crippen LogP contribution in [0.5, 0.6) is 11.5 Å². The normalized spacial score (nSPS) is 12.1. The summed E-state index contributed by atoms with van der Waals surface area (Å²) in [4.78, 5) is 24.5. The first kappa shape index (κ1) is 18.7. The van der Waals surface area contributed by atoms with Gasteiger partial charge in [0.1, 0.15) is 11.5 Å². The molecule has 0 aliphatic heterocycles. The van der Waals surface area contributed by atoms with Crippen molar-refractivity contribution in [3.63, 3.8) is 0 Å². The molecule has 5 nitrogen and oxygen atoms in total. The van der Waals surface area contributed by atoms with E-state index in [9.17, 15) is 9.59 Å². The predicted molar refractivity (Wildman–Crippen MR) is 112 cm³/mol. The van der Waals surface area contributed by atoms with Gasteiger partial charge < -0.3 is 15.4 Å². The van der Waals surface area contributed by atoms with Crippen molar-refractivity contribution in [2.75, 3.05) is 11.9 Å². The SMILES string of the molecule is O=C(CNC(=O)c1ccc(Oc2ccccc2)cc1)Nc1ccc2c(c1)CCC2. The van der Waals surface area contributed by atoms with E-state index >= 15 is 0 Å². The Hall–Kier alpha value is -3.60. The standard InChI is InChI=1S/C24H22N2O3/c27-23(26-20-12-9-17-5-4-6-19(17)15-20)16-25-24(28)18-10-13-22(14-11-18)29-21-7-2-1-3-8-21/h1-3,7-15H,4-6,16H2,(H,25,28)(H,26,27). The molecule has 1 aliphatic rings. The largest absolute Gasteiger partial charge is 0.457 e. The number of para-hydroxylation sites is 1. The van der Waals surface area contributed by atoms with Crippen LogP contribution in [0.2, 0.25) is 0 Å². The van der Waals surface area contributed by atoms with E-state index in [1.807, 2.05) is 42.5 Å². The highest BCUT2D eigenvalue weighted by atomic mass is 16.5. The summed E-state index contributed by atoms with van der Waals surface area (Å²) in [6, 6.07) is 22.2. The average molecular weight is 386 g/mol. The Morgan fingerprint density at radius 1 is 0.828 bits per heavy atom. The second-order valence-electron chi connectivity index (χ2n) is 7.01. The van der Waals surface area contributed by atoms with Gasteiger partial charge in [0.2, 0.25) is 5.91 Å². The van der Waals surface area contributed by atoms with Crippen molar-refractivity contribution < 1.29 is 14.3 Å². The molecule has 2 amide bonds. The molecule has 0 fully saturated rings. The third-order valence-electron chi connectivity index (χ3n) is 4.89. The van der Waals surface area contributed by atoms with Gasteiger partial charge in [-0.3, -0.25) is 9.59 Å². The topological polar surface area (TPSA) is 67.4 Å². The number of carbonyl (C=O) groups is 2. The molecule has 0 saturated carbocycles. The lowest BCUT2D eigenvalue weighted by Gasteiger charge is -2.09. The smallest absolute Gasteiger partial charge is 0.251 e. The molecule has 2 N–H and O–H groups in total. The molecule has 0 saturated heterocycles. The molecule has 29 heavy (non-hydrogen) atoms. The Morgan fingerprint density at radius 2 is 1.55 bits per heavy atom. The Kier molecular flexibility index (Phi) is 5.56. The van der Waals surface area contributed by atoms with Crippen LogP contribution in [0.25, 0.3) is 0 Å². The van der Waals surface area contributed by atoms with Gasteiger partial charge in [-0.15, -0.1) is 0 Å². The molecule has 0 unspecified atom stereocenters. The summed E-state index contributed by atoms with van der Waals surface area (Å²) in [7, 11) is 0. The van der Waals surface area contributed by atoms with Crippen LogP contribution in [0.1, 0.15) is 27.9 Å². The molecule has 0 aromatic heterocycles. The van der Waals surface area contributed by atoms with Gasteiger partial charge in [-0.1, -0.05) is 24.3 Å². The van der Waals surface area contributed by atoms with Crippen LogP contribution >= 0.6 is 0 Å². The van der Waals surface area contributed by atoms with E-state index in [0.717, 1.165) is 30.7 Å². The van der Waals surface area contributed by atoms with Crippen molar-refractivity contribution in [1.29, 1.82) is 0 Å². The van der Waals surface area contributed by atoms with Gasteiger partial charge >= 0.3 is 0 Å². The molecule has 3 aromatic carbocycles. The van der Waals surface area contributed by atoms with Crippen molar-refractivity contribution in [1.82, 2.24) is 5.32 Å². The Morgan fingerprint density at radius 3 is 2.34 bits per heavy atom. The molecule has 0 bridgehead atoms. The molecular formula is C24H22N2O3. The molecule has 146 valence electrons. The summed E-state index contributed by atoms with van der Waals surface area (Å²) in [6.45, 7) is -0.0851. The molecule has 3 aromatic rings. The first-order chi connectivity index (χ1) is 14.2. The first-order valence-electron chi connectivity index (χ1n) is 9.70. The van der Waals surface area contributed by atoms with Crippen molar-refractivity contribution in [3.8, 4) is 11.5 Å². The van der Waals surface area contributed by atoms with E-state index in [1.54, 1.807) is 24.3 Å². The Bertz CT molecular complexity index is 1010. The highest BCUT2D eigenvalue weighted by Crippen LogP contribution is 2.25. The maximum Gasteiger partial charge on any atom is 0.251 e. The van der Waals surface area contributed by atoms with Gasteiger partial charge in [0.15, 0.2) is 0 Å². The summed E-state index contributed by atoms with van der Waals surface area (Å²) in [5.41, 5.74) is 3.89. The van der Waals surface area contributed by atoms with Crippen LogP contribution in [0.15, 0.2) is 72.8 Å². The monoisotopic (exact) mass is 386 g/mol. The van der Waals surface area contributed by atoms with Crippen molar-refractivity contribution in [2.24, 2.45) is 0 Å². The molecule has 0 atom stereocenters. The molecule has 1 aliphatic carbocycles. The van der Waals surface area contributed by atoms with E-state index < -0.39 is 0 Å². The number of anilines is 1. The van der Waals surface area contributed by atoms with E-state index in [2.05, 4.69) is 16.7 Å². The summed E-state index contributed by atoms with van der Waals surface area (Å²) in [6.07, 6.45) is 3.33. The fourth-order valence-electron chi connectivity index (χ4n) is 3.42. The molecular weight excluding hydrogens is 364 g/mol. The lowest BCUT2D eigenvalue weighted by molar-refractivity contribution is -0.115. The van der Waals surface area contributed by atoms with Crippen LogP contribution in [0, 0.1) is 0 Å². The lowest BCUT2D eigenvalue weighted by atomic mass is 10.1. The van der Waals surface area contributed by atoms with Gasteiger partial charge in [-0.05, 0) is 78.9 Å². The third-order valence-corrected chi connectivity index (χ3v) is 4.89. The minimum Gasteiger partial charge on any atom is -0.457 e. The number of fused-ring (bicyclic) bond motifs is 1. The number of benzene rings is 3. The van der Waals surface area contributed by atoms with Gasteiger partial charge in [0, 0.05) is 11.3 Å². The lowest BCUT2D eigenvalue weighted by Crippen LogP contribution is -2.32. The maximum atomic E-state index is 12.3. The van der Waals surface area contributed by atoms with Gasteiger partial charge in [0.05, 0.1) is 6.54 Å². The first-order valence-corrected chi connectivity index (χ1v) is 9.70. The number of hydrogen-bond donors (Lipinski definition) is 2. The minimum atomic E-state index is -0.305. The van der Waals surface area contributed by atoms with E-state index in [-0.39, 0.29) is 18.4 Å².